The number of aryl methyl sites for hydroxylation is 1. The molecule has 0 saturated heterocycles. The maximum Gasteiger partial charge on any atom is 0.260 e. The lowest BCUT2D eigenvalue weighted by atomic mass is 10.1. The van der Waals surface area contributed by atoms with Crippen LogP contribution in [-0.2, 0) is 20.8 Å². The summed E-state index contributed by atoms with van der Waals surface area (Å²) in [6.07, 6.45) is 4.75. The minimum Gasteiger partial charge on any atom is -0.483 e. The van der Waals surface area contributed by atoms with Crippen LogP contribution in [0.15, 0.2) is 24.3 Å². The molecule has 1 aliphatic heterocycles. The SMILES string of the molecule is CN(C)CC(=O)N(C)CCCC[C@H]1C(=O)N(C)CCCCc2ccccc2OCC(=O)N1C. The summed E-state index contributed by atoms with van der Waals surface area (Å²) in [6.45, 7) is 1.56. The van der Waals surface area contributed by atoms with Crippen LogP contribution in [0.2, 0.25) is 0 Å². The topological polar surface area (TPSA) is 73.4 Å². The van der Waals surface area contributed by atoms with Crippen LogP contribution in [-0.4, -0.2) is 105 Å². The first-order chi connectivity index (χ1) is 15.7. The Hall–Kier alpha value is -2.61. The second kappa shape index (κ2) is 13.2. The average molecular weight is 461 g/mol. The van der Waals surface area contributed by atoms with Crippen molar-refractivity contribution in [2.75, 3.05) is 61.5 Å². The van der Waals surface area contributed by atoms with Crippen LogP contribution in [0.1, 0.15) is 37.7 Å². The number of carbonyl (C=O) groups is 3. The summed E-state index contributed by atoms with van der Waals surface area (Å²) >= 11 is 0. The molecule has 0 bridgehead atoms. The van der Waals surface area contributed by atoms with Crippen LogP contribution in [0.3, 0.4) is 0 Å². The first kappa shape index (κ1) is 26.6. The fourth-order valence-electron chi connectivity index (χ4n) is 3.98. The van der Waals surface area contributed by atoms with Gasteiger partial charge in [-0.3, -0.25) is 14.4 Å². The molecule has 0 saturated carbocycles. The number of unbranched alkanes of at least 4 members (excludes halogenated alkanes) is 1. The van der Waals surface area contributed by atoms with Gasteiger partial charge < -0.3 is 24.3 Å². The van der Waals surface area contributed by atoms with Crippen LogP contribution in [0.25, 0.3) is 0 Å². The molecule has 3 amide bonds. The van der Waals surface area contributed by atoms with Crippen LogP contribution >= 0.6 is 0 Å². The second-order valence-electron chi connectivity index (χ2n) is 9.18. The van der Waals surface area contributed by atoms with Crippen molar-refractivity contribution in [1.29, 1.82) is 0 Å². The van der Waals surface area contributed by atoms with Gasteiger partial charge in [0.25, 0.3) is 5.91 Å². The summed E-state index contributed by atoms with van der Waals surface area (Å²) in [4.78, 5) is 45.1. The highest BCUT2D eigenvalue weighted by molar-refractivity contribution is 5.88. The largest absolute Gasteiger partial charge is 0.483 e. The van der Waals surface area contributed by atoms with Gasteiger partial charge in [0, 0.05) is 34.2 Å². The summed E-state index contributed by atoms with van der Waals surface area (Å²) in [6, 6.07) is 7.27. The molecule has 1 atom stereocenters. The number of fused-ring (bicyclic) bond motifs is 1. The highest BCUT2D eigenvalue weighted by Crippen LogP contribution is 2.21. The Morgan fingerprint density at radius 1 is 1.09 bits per heavy atom. The van der Waals surface area contributed by atoms with E-state index < -0.39 is 6.04 Å². The molecule has 1 aromatic carbocycles. The van der Waals surface area contributed by atoms with Crippen molar-refractivity contribution in [3.63, 3.8) is 0 Å². The van der Waals surface area contributed by atoms with Gasteiger partial charge in [-0.15, -0.1) is 0 Å². The van der Waals surface area contributed by atoms with E-state index in [1.54, 1.807) is 23.9 Å². The molecular weight excluding hydrogens is 420 g/mol. The van der Waals surface area contributed by atoms with E-state index in [2.05, 4.69) is 0 Å². The Morgan fingerprint density at radius 2 is 1.82 bits per heavy atom. The van der Waals surface area contributed by atoms with E-state index in [-0.39, 0.29) is 24.3 Å². The average Bonchev–Trinajstić information content (AvgIpc) is 2.79. The van der Waals surface area contributed by atoms with Gasteiger partial charge in [0.15, 0.2) is 6.61 Å². The number of hydrogen-bond acceptors (Lipinski definition) is 5. The van der Waals surface area contributed by atoms with E-state index in [0.29, 0.717) is 26.1 Å². The third kappa shape index (κ3) is 8.35. The molecule has 8 heteroatoms. The molecule has 1 aromatic rings. The molecule has 1 aliphatic rings. The zero-order valence-corrected chi connectivity index (χ0v) is 20.9. The van der Waals surface area contributed by atoms with Crippen molar-refractivity contribution < 1.29 is 19.1 Å². The minimum atomic E-state index is -0.537. The third-order valence-corrected chi connectivity index (χ3v) is 6.13. The summed E-state index contributed by atoms with van der Waals surface area (Å²) in [5.41, 5.74) is 1.09. The highest BCUT2D eigenvalue weighted by Gasteiger charge is 2.29. The minimum absolute atomic E-state index is 0.0420. The van der Waals surface area contributed by atoms with Crippen molar-refractivity contribution in [3.8, 4) is 5.75 Å². The number of hydrogen-bond donors (Lipinski definition) is 0. The van der Waals surface area contributed by atoms with Gasteiger partial charge in [0.1, 0.15) is 11.8 Å². The van der Waals surface area contributed by atoms with Crippen LogP contribution in [0.5, 0.6) is 5.75 Å². The lowest BCUT2D eigenvalue weighted by Gasteiger charge is -2.31. The molecule has 0 N–H and O–H groups in total. The number of likely N-dealkylation sites (N-methyl/N-ethyl adjacent to an activating group) is 4. The summed E-state index contributed by atoms with van der Waals surface area (Å²) in [5.74, 6) is 0.552. The Labute approximate surface area is 198 Å². The van der Waals surface area contributed by atoms with Gasteiger partial charge in [0.05, 0.1) is 6.54 Å². The number of rotatable bonds is 7. The van der Waals surface area contributed by atoms with Gasteiger partial charge in [0.2, 0.25) is 11.8 Å². The van der Waals surface area contributed by atoms with Gasteiger partial charge in [-0.2, -0.15) is 0 Å². The molecule has 0 spiro atoms. The molecular formula is C25H40N4O4. The second-order valence-corrected chi connectivity index (χ2v) is 9.18. The predicted octanol–water partition coefficient (Wildman–Crippen LogP) is 1.88. The van der Waals surface area contributed by atoms with Crippen LogP contribution in [0.4, 0.5) is 0 Å². The van der Waals surface area contributed by atoms with E-state index in [0.717, 1.165) is 43.4 Å². The van der Waals surface area contributed by atoms with Crippen molar-refractivity contribution in [2.45, 2.75) is 44.6 Å². The monoisotopic (exact) mass is 460 g/mol. The Bertz CT molecular complexity index is 798. The van der Waals surface area contributed by atoms with Crippen molar-refractivity contribution >= 4 is 17.7 Å². The maximum atomic E-state index is 13.2. The number of carbonyl (C=O) groups excluding carboxylic acids is 3. The number of nitrogens with zero attached hydrogens (tertiary/aromatic N) is 4. The molecule has 1 heterocycles. The fourth-order valence-corrected chi connectivity index (χ4v) is 3.98. The molecule has 8 nitrogen and oxygen atoms in total. The number of benzene rings is 1. The number of amides is 3. The smallest absolute Gasteiger partial charge is 0.260 e. The van der Waals surface area contributed by atoms with E-state index >= 15 is 0 Å². The Kier molecular flexibility index (Phi) is 10.6. The zero-order chi connectivity index (χ0) is 24.4. The summed E-state index contributed by atoms with van der Waals surface area (Å²) in [7, 11) is 9.03. The van der Waals surface area contributed by atoms with Gasteiger partial charge in [-0.05, 0) is 64.3 Å². The van der Waals surface area contributed by atoms with Crippen molar-refractivity contribution in [2.24, 2.45) is 0 Å². The highest BCUT2D eigenvalue weighted by atomic mass is 16.5. The Balaban J connectivity index is 2.02. The lowest BCUT2D eigenvalue weighted by Crippen LogP contribution is -2.49. The van der Waals surface area contributed by atoms with Crippen LogP contribution in [0, 0.1) is 0 Å². The van der Waals surface area contributed by atoms with Crippen LogP contribution < -0.4 is 4.74 Å². The van der Waals surface area contributed by atoms with E-state index in [4.69, 9.17) is 4.74 Å². The van der Waals surface area contributed by atoms with Gasteiger partial charge >= 0.3 is 0 Å². The van der Waals surface area contributed by atoms with Gasteiger partial charge in [-0.1, -0.05) is 18.2 Å². The Morgan fingerprint density at radius 3 is 2.55 bits per heavy atom. The molecule has 184 valence electrons. The van der Waals surface area contributed by atoms with Crippen molar-refractivity contribution in [1.82, 2.24) is 19.6 Å². The zero-order valence-electron chi connectivity index (χ0n) is 20.9. The molecule has 33 heavy (non-hydrogen) atoms. The first-order valence-corrected chi connectivity index (χ1v) is 11.8. The maximum absolute atomic E-state index is 13.2. The van der Waals surface area contributed by atoms with E-state index in [1.807, 2.05) is 50.3 Å². The van der Waals surface area contributed by atoms with E-state index in [1.165, 1.54) is 4.90 Å². The first-order valence-electron chi connectivity index (χ1n) is 11.8. The fraction of sp³-hybridized carbons (Fsp3) is 0.640. The predicted molar refractivity (Wildman–Crippen MR) is 129 cm³/mol. The molecule has 0 aromatic heterocycles. The number of ether oxygens (including phenoxy) is 1. The molecule has 0 radical (unpaired) electrons. The van der Waals surface area contributed by atoms with E-state index in [9.17, 15) is 14.4 Å². The standard InChI is InChI=1S/C25H40N4O4/c1-26(2)18-23(30)27(3)16-11-9-14-21-25(32)28(4)17-10-8-13-20-12-6-7-15-22(20)33-19-24(31)29(21)5/h6-7,12,15,21H,8-11,13-14,16-19H2,1-5H3/t21-/m0/s1. The molecule has 0 fully saturated rings. The van der Waals surface area contributed by atoms with Gasteiger partial charge in [-0.25, -0.2) is 0 Å². The normalized spacial score (nSPS) is 18.2. The third-order valence-electron chi connectivity index (χ3n) is 6.13. The summed E-state index contributed by atoms with van der Waals surface area (Å²) < 4.78 is 5.85. The summed E-state index contributed by atoms with van der Waals surface area (Å²) in [5, 5.41) is 0. The molecule has 2 rings (SSSR count). The quantitative estimate of drug-likeness (QED) is 0.581. The molecule has 0 unspecified atom stereocenters. The number of para-hydroxylation sites is 1. The van der Waals surface area contributed by atoms with Crippen molar-refractivity contribution in [3.05, 3.63) is 29.8 Å². The lowest BCUT2D eigenvalue weighted by molar-refractivity contribution is -0.145. The molecule has 0 aliphatic carbocycles.